The monoisotopic (exact) mass is 1860 g/mol. The first-order valence-electron chi connectivity index (χ1n) is 43.0. The molecule has 42 heteroatoms. The number of methoxy groups -OCH3 is 4. The normalized spacial score (nSPS) is 41.7. The molecular formula is C86H119Cl2NO39. The number of carboxylic acids is 1. The van der Waals surface area contributed by atoms with E-state index >= 15 is 0 Å². The van der Waals surface area contributed by atoms with Crippen molar-refractivity contribution in [1.29, 1.82) is 0 Å². The fourth-order valence-corrected chi connectivity index (χ4v) is 20.0. The highest BCUT2D eigenvalue weighted by atomic mass is 35.5. The number of aliphatic carboxylic acids is 1. The molecule has 128 heavy (non-hydrogen) atoms. The Bertz CT molecular complexity index is 4390. The van der Waals surface area contributed by atoms with Gasteiger partial charge in [0.1, 0.15) is 143 Å². The van der Waals surface area contributed by atoms with E-state index in [1.807, 2.05) is 39.0 Å². The van der Waals surface area contributed by atoms with Crippen molar-refractivity contribution in [2.75, 3.05) is 55.1 Å². The highest BCUT2D eigenvalue weighted by Gasteiger charge is 2.71. The van der Waals surface area contributed by atoms with E-state index in [9.17, 15) is 70.6 Å². The van der Waals surface area contributed by atoms with Gasteiger partial charge in [-0.15, -0.1) is 0 Å². The molecule has 37 atom stereocenters. The van der Waals surface area contributed by atoms with Gasteiger partial charge in [0.05, 0.1) is 100 Å². The third-order valence-electron chi connectivity index (χ3n) is 26.2. The number of halogens is 2. The number of rotatable bonds is 29. The predicted octanol–water partition coefficient (Wildman–Crippen LogP) is 4.54. The smallest absolute Gasteiger partial charge is 0.346 e. The summed E-state index contributed by atoms with van der Waals surface area (Å²) >= 11 is 13.1. The fraction of sp³-hybridized carbons (Fsp3) is 0.733. The largest absolute Gasteiger partial charge is 0.508 e. The summed E-state index contributed by atoms with van der Waals surface area (Å²) in [6.07, 6.45) is -35.8. The molecule has 0 amide bonds. The van der Waals surface area contributed by atoms with Gasteiger partial charge in [0.15, 0.2) is 61.3 Å². The lowest BCUT2D eigenvalue weighted by Gasteiger charge is -2.51. The molecule has 2 spiro atoms. The van der Waals surface area contributed by atoms with Crippen LogP contribution in [0, 0.1) is 25.7 Å². The first-order valence-corrected chi connectivity index (χ1v) is 43.7. The van der Waals surface area contributed by atoms with Gasteiger partial charge in [-0.05, 0) is 97.8 Å². The van der Waals surface area contributed by atoms with Crippen molar-refractivity contribution in [2.45, 2.75) is 334 Å². The number of aliphatic hydroxyl groups excluding tert-OH is 7. The molecular weight excluding hydrogens is 1740 g/mol. The maximum absolute atomic E-state index is 14.8. The molecule has 0 bridgehead atoms. The van der Waals surface area contributed by atoms with E-state index in [-0.39, 0.29) is 77.5 Å². The zero-order chi connectivity index (χ0) is 92.4. The van der Waals surface area contributed by atoms with Crippen LogP contribution < -0.4 is 15.0 Å². The highest BCUT2D eigenvalue weighted by molar-refractivity contribution is 6.39. The number of esters is 2. The second-order valence-electron chi connectivity index (χ2n) is 35.1. The van der Waals surface area contributed by atoms with Crippen LogP contribution in [0.4, 0.5) is 0 Å². The molecule has 11 saturated heterocycles. The van der Waals surface area contributed by atoms with E-state index in [0.29, 0.717) is 12.3 Å². The zero-order valence-corrected chi connectivity index (χ0v) is 75.0. The molecule has 14 rings (SSSR count). The summed E-state index contributed by atoms with van der Waals surface area (Å²) in [7, 11) is 5.37. The molecule has 716 valence electrons. The molecule has 2 unspecified atom stereocenters. The summed E-state index contributed by atoms with van der Waals surface area (Å²) in [4.78, 5) is 46.7. The molecule has 0 aliphatic carbocycles. The van der Waals surface area contributed by atoms with E-state index < -0.39 is 267 Å². The third kappa shape index (κ3) is 19.3. The number of hydrogen-bond donors (Lipinski definition) is 12. The fourth-order valence-electron chi connectivity index (χ4n) is 19.5. The van der Waals surface area contributed by atoms with Crippen LogP contribution in [0.1, 0.15) is 156 Å². The Labute approximate surface area is 748 Å². The Morgan fingerprint density at radius 1 is 0.656 bits per heavy atom. The SMILES string of the molecule is CCC(C)CCC(ON[C@]1(C)C[C@H](O[C@@H]2C[C@H]([C@@H]3[C@H](O)C[C@]4(O[C@@H]5[C@@H](C)O[C@@H](O[C@@H]6[C@@H](O)[C@H](O[C@H]7[C@H](O)[C@H](O)[C@H](O[C@@H]8OC[C@@H]9O[C@@]%10(OC[C@@H](OC(=O)c%11c(O)cc(O)cc%11OC)[C@@H]%11OCO[C@H]%11%10)O[C@H]9[C@H]8O)O[C@@H]7CO)O[C@H](C)[C@@H]6OC)[C@@H](O)[C@@]5(C)O4)O[C@@H]3C)O[C@H](C)[C@H]2OC(=O)c2c(C)c(Cl)c(O)c(Cl)c2OC)O[C@@H](C)[C@@H]1OC)c1cc(C)ccc1/C=C/CC(=O)O. The molecule has 0 saturated carbocycles. The van der Waals surface area contributed by atoms with E-state index in [1.54, 1.807) is 53.9 Å². The second kappa shape index (κ2) is 40.0. The molecule has 3 aromatic rings. The number of aryl methyl sites for hydroxylation is 1. The van der Waals surface area contributed by atoms with E-state index in [1.165, 1.54) is 28.3 Å². The molecule has 11 aliphatic heterocycles. The van der Waals surface area contributed by atoms with Crippen molar-refractivity contribution in [2.24, 2.45) is 11.8 Å². The van der Waals surface area contributed by atoms with Crippen molar-refractivity contribution in [3.05, 3.63) is 79.8 Å². The van der Waals surface area contributed by atoms with Crippen LogP contribution >= 0.6 is 23.2 Å². The Kier molecular flexibility index (Phi) is 30.7. The minimum Gasteiger partial charge on any atom is -0.508 e. The molecule has 40 nitrogen and oxygen atoms in total. The Hall–Kier alpha value is -5.77. The Morgan fingerprint density at radius 2 is 1.38 bits per heavy atom. The van der Waals surface area contributed by atoms with Crippen LogP contribution in [0.5, 0.6) is 28.7 Å². The summed E-state index contributed by atoms with van der Waals surface area (Å²) in [6, 6.07) is 7.95. The highest BCUT2D eigenvalue weighted by Crippen LogP contribution is 2.55. The molecule has 12 N–H and O–H groups in total. The lowest BCUT2D eigenvalue weighted by molar-refractivity contribution is -0.407. The summed E-state index contributed by atoms with van der Waals surface area (Å²) in [5.41, 5.74) is 2.67. The number of ether oxygens (including phenoxy) is 24. The first-order chi connectivity index (χ1) is 60.8. The van der Waals surface area contributed by atoms with Crippen molar-refractivity contribution < 1.29 is 189 Å². The number of carbonyl (C=O) groups excluding carboxylic acids is 2. The number of benzene rings is 3. The number of phenols is 3. The van der Waals surface area contributed by atoms with Crippen LogP contribution in [0.2, 0.25) is 10.0 Å². The maximum Gasteiger partial charge on any atom is 0.346 e. The third-order valence-corrected chi connectivity index (χ3v) is 27.1. The number of carbonyl (C=O) groups is 3. The molecule has 0 aromatic heterocycles. The van der Waals surface area contributed by atoms with Gasteiger partial charge >= 0.3 is 23.9 Å². The van der Waals surface area contributed by atoms with Crippen LogP contribution in [0.15, 0.2) is 36.4 Å². The number of aliphatic hydroxyl groups is 7. The molecule has 0 radical (unpaired) electrons. The van der Waals surface area contributed by atoms with Crippen molar-refractivity contribution in [3.8, 4) is 28.7 Å². The number of phenolic OH excluding ortho intramolecular Hbond substituents is 3. The lowest BCUT2D eigenvalue weighted by Crippen LogP contribution is -2.68. The van der Waals surface area contributed by atoms with Crippen molar-refractivity contribution in [3.63, 3.8) is 0 Å². The van der Waals surface area contributed by atoms with Gasteiger partial charge in [-0.3, -0.25) is 9.63 Å². The van der Waals surface area contributed by atoms with Gasteiger partial charge < -0.3 is 170 Å². The van der Waals surface area contributed by atoms with Crippen molar-refractivity contribution in [1.82, 2.24) is 5.48 Å². The summed E-state index contributed by atoms with van der Waals surface area (Å²) in [5.74, 6) is -9.61. The van der Waals surface area contributed by atoms with E-state index in [0.717, 1.165) is 41.7 Å². The van der Waals surface area contributed by atoms with Gasteiger partial charge in [0, 0.05) is 45.1 Å². The standard InChI is InChI=1S/C86H119Cl2NO39/c1-16-34(2)21-23-47(44-24-35(3)20-22-42(44)18-17-19-54(94)95)127-89-83(10)29-55(113-40(8)74(83)107-15)116-50-27-49(112-38(6)66(50)119-77(102)56-36(4)59(87)61(96)60(88)71(56)106-14)57-37(5)123-85(28-46(57)93)126-75-41(9)115-82(73(101)84(75,11)128-85)121-72-65(100)81(114-39(7)67(72)105-13)120-68-51(30-90)118-80(63(98)62(68)97)122-79-64(99)69-53(31-108-79)124-86(125-69)76-70(109-33-110-76)52(32-111-86)117-78(103)58-45(92)25-43(91)26-48(58)104-12/h17-18,20,22,24-26,34,37-41,46-47,49-53,55,57,62-70,72-76,79-82,89-93,96-101H,16,19,21,23,27-33H2,1-15H3,(H,94,95)/b18-17+/t34?,37-,38-,39-,40+,41-,46-,47?,49-,50-,51-,52-,53+,55+,57+,62-,63+,64-,65-,66-,67+,68-,69-,70+,72-,73-,74+,75-,76-,79+,80+,81+,82+,83-,84-,85-,86-/m1/s1. The number of hydroxylamine groups is 1. The molecule has 11 heterocycles. The summed E-state index contributed by atoms with van der Waals surface area (Å²) < 4.78 is 149. The van der Waals surface area contributed by atoms with Crippen LogP contribution in [0.3, 0.4) is 0 Å². The maximum atomic E-state index is 14.8. The number of nitrogens with one attached hydrogen (secondary N) is 1. The quantitative estimate of drug-likeness (QED) is 0.0335. The van der Waals surface area contributed by atoms with Gasteiger partial charge in [-0.1, -0.05) is 79.4 Å². The first kappa shape index (κ1) is 98.2. The summed E-state index contributed by atoms with van der Waals surface area (Å²) in [6.45, 7) is 17.6. The lowest BCUT2D eigenvalue weighted by atomic mass is 9.81. The topological polar surface area (TPSA) is 517 Å². The van der Waals surface area contributed by atoms with E-state index in [2.05, 4.69) is 19.3 Å². The molecule has 3 aromatic carbocycles. The van der Waals surface area contributed by atoms with Gasteiger partial charge in [-0.25, -0.2) is 9.59 Å². The average Bonchev–Trinajstić information content (AvgIpc) is 1.56. The average molecular weight is 1860 g/mol. The number of aromatic hydroxyl groups is 3. The second-order valence-corrected chi connectivity index (χ2v) is 35.9. The number of carboxylic acid groups (broad SMARTS) is 1. The Balaban J connectivity index is 0.631. The van der Waals surface area contributed by atoms with Crippen LogP contribution in [0.25, 0.3) is 6.08 Å². The molecule has 11 fully saturated rings. The minimum atomic E-state index is -2.07. The van der Waals surface area contributed by atoms with E-state index in [4.69, 9.17) is 142 Å². The Morgan fingerprint density at radius 3 is 2.07 bits per heavy atom. The summed E-state index contributed by atoms with van der Waals surface area (Å²) in [5, 5.41) is 124. The molecule has 11 aliphatic rings. The minimum absolute atomic E-state index is 0.0721. The van der Waals surface area contributed by atoms with Crippen LogP contribution in [-0.4, -0.2) is 336 Å². The van der Waals surface area contributed by atoms with Crippen molar-refractivity contribution >= 4 is 47.2 Å². The van der Waals surface area contributed by atoms with Gasteiger partial charge in [0.25, 0.3) is 5.97 Å². The van der Waals surface area contributed by atoms with Gasteiger partial charge in [-0.2, -0.15) is 5.48 Å². The van der Waals surface area contributed by atoms with Crippen LogP contribution in [-0.2, 0) is 114 Å². The van der Waals surface area contributed by atoms with Gasteiger partial charge in [0.2, 0.25) is 0 Å². The number of fused-ring (bicyclic) bond motifs is 4. The zero-order valence-electron chi connectivity index (χ0n) is 73.5. The number of hydrogen-bond acceptors (Lipinski definition) is 39. The predicted molar refractivity (Wildman–Crippen MR) is 435 cm³/mol.